The maximum absolute atomic E-state index is 12.0. The summed E-state index contributed by atoms with van der Waals surface area (Å²) in [5.41, 5.74) is 6.23. The number of hydrogen-bond donors (Lipinski definition) is 2. The first-order valence-electron chi connectivity index (χ1n) is 8.34. The van der Waals surface area contributed by atoms with Gasteiger partial charge in [-0.3, -0.25) is 4.79 Å². The number of ether oxygens (including phenoxy) is 2. The first-order chi connectivity index (χ1) is 12.4. The first kappa shape index (κ1) is 20.0. The van der Waals surface area contributed by atoms with Crippen LogP contribution in [0.3, 0.4) is 0 Å². The van der Waals surface area contributed by atoms with Gasteiger partial charge in [-0.1, -0.05) is 15.9 Å². The summed E-state index contributed by atoms with van der Waals surface area (Å²) in [6.45, 7) is 2.73. The van der Waals surface area contributed by atoms with Crippen LogP contribution in [0.1, 0.15) is 30.1 Å². The van der Waals surface area contributed by atoms with E-state index < -0.39 is 5.97 Å². The van der Waals surface area contributed by atoms with Crippen LogP contribution in [0.2, 0.25) is 0 Å². The molecule has 142 valence electrons. The summed E-state index contributed by atoms with van der Waals surface area (Å²) in [6.07, 6.45) is 0.909. The number of halogens is 1. The first-order valence-corrected chi connectivity index (χ1v) is 9.13. The molecule has 0 spiro atoms. The van der Waals surface area contributed by atoms with Gasteiger partial charge >= 0.3 is 12.1 Å². The molecule has 8 nitrogen and oxygen atoms in total. The number of carbonyl (C=O) groups excluding carboxylic acids is 3. The number of hydrogen-bond acceptors (Lipinski definition) is 6. The molecule has 2 amide bonds. The van der Waals surface area contributed by atoms with Crippen LogP contribution in [0.4, 0.5) is 10.5 Å². The van der Waals surface area contributed by atoms with Crippen LogP contribution in [-0.2, 0) is 14.3 Å². The third kappa shape index (κ3) is 5.62. The van der Waals surface area contributed by atoms with Crippen molar-refractivity contribution in [2.75, 3.05) is 32.0 Å². The van der Waals surface area contributed by atoms with Crippen molar-refractivity contribution in [1.82, 2.24) is 10.2 Å². The van der Waals surface area contributed by atoms with Crippen molar-refractivity contribution < 1.29 is 23.9 Å². The van der Waals surface area contributed by atoms with Crippen molar-refractivity contribution in [2.45, 2.75) is 25.8 Å². The average Bonchev–Trinajstić information content (AvgIpc) is 2.62. The Morgan fingerprint density at radius 1 is 1.27 bits per heavy atom. The summed E-state index contributed by atoms with van der Waals surface area (Å²) in [6, 6.07) is 4.77. The Bertz CT molecular complexity index is 674. The molecule has 0 unspecified atom stereocenters. The Morgan fingerprint density at radius 3 is 2.62 bits per heavy atom. The lowest BCUT2D eigenvalue weighted by Crippen LogP contribution is -2.47. The predicted octanol–water partition coefficient (Wildman–Crippen LogP) is 1.93. The van der Waals surface area contributed by atoms with Crippen molar-refractivity contribution in [1.29, 1.82) is 0 Å². The van der Waals surface area contributed by atoms with Gasteiger partial charge in [0.2, 0.25) is 0 Å². The fraction of sp³-hybridized carbons (Fsp3) is 0.471. The number of nitrogens with zero attached hydrogens (tertiary/aromatic N) is 1. The molecule has 0 atom stereocenters. The average molecular weight is 428 g/mol. The fourth-order valence-electron chi connectivity index (χ4n) is 2.60. The van der Waals surface area contributed by atoms with Crippen molar-refractivity contribution in [3.8, 4) is 0 Å². The maximum Gasteiger partial charge on any atom is 0.409 e. The molecule has 1 aliphatic rings. The standard InChI is InChI=1S/C17H22BrN3O5/c1-2-25-17(24)21-7-5-12(6-8-21)20-15(22)10-26-16(23)13-9-11(18)3-4-14(13)19/h3-4,9,12H,2,5-8,10,19H2,1H3,(H,20,22). The zero-order valence-electron chi connectivity index (χ0n) is 14.5. The molecule has 26 heavy (non-hydrogen) atoms. The number of benzene rings is 1. The van der Waals surface area contributed by atoms with Crippen molar-refractivity contribution in [2.24, 2.45) is 0 Å². The summed E-state index contributed by atoms with van der Waals surface area (Å²) in [5.74, 6) is -1.04. The van der Waals surface area contributed by atoms with Gasteiger partial charge in [0.05, 0.1) is 12.2 Å². The highest BCUT2D eigenvalue weighted by Crippen LogP contribution is 2.19. The second kappa shape index (κ2) is 9.42. The number of piperidine rings is 1. The van der Waals surface area contributed by atoms with E-state index >= 15 is 0 Å². The fourth-order valence-corrected chi connectivity index (χ4v) is 2.97. The highest BCUT2D eigenvalue weighted by Gasteiger charge is 2.25. The topological polar surface area (TPSA) is 111 Å². The number of nitrogens with one attached hydrogen (secondary N) is 1. The van der Waals surface area contributed by atoms with Crippen molar-refractivity contribution >= 4 is 39.6 Å². The molecule has 1 aromatic rings. The maximum atomic E-state index is 12.0. The van der Waals surface area contributed by atoms with E-state index in [1.807, 2.05) is 0 Å². The molecule has 1 aromatic carbocycles. The van der Waals surface area contributed by atoms with Gasteiger partial charge in [0, 0.05) is 29.3 Å². The molecule has 0 bridgehead atoms. The lowest BCUT2D eigenvalue weighted by atomic mass is 10.1. The molecule has 1 saturated heterocycles. The molecule has 0 saturated carbocycles. The van der Waals surface area contributed by atoms with E-state index in [9.17, 15) is 14.4 Å². The number of rotatable bonds is 5. The second-order valence-corrected chi connectivity index (χ2v) is 6.75. The summed E-state index contributed by atoms with van der Waals surface area (Å²) in [7, 11) is 0. The minimum Gasteiger partial charge on any atom is -0.452 e. The van der Waals surface area contributed by atoms with Crippen molar-refractivity contribution in [3.63, 3.8) is 0 Å². The van der Waals surface area contributed by atoms with E-state index in [-0.39, 0.29) is 35.9 Å². The van der Waals surface area contributed by atoms with Crippen LogP contribution in [0.15, 0.2) is 22.7 Å². The Hall–Kier alpha value is -2.29. The number of nitrogens with two attached hydrogens (primary N) is 1. The predicted molar refractivity (Wildman–Crippen MR) is 98.6 cm³/mol. The third-order valence-corrected chi connectivity index (χ3v) is 4.45. The molecule has 2 rings (SSSR count). The van der Waals surface area contributed by atoms with Crippen LogP contribution in [0.25, 0.3) is 0 Å². The Morgan fingerprint density at radius 2 is 1.96 bits per heavy atom. The zero-order chi connectivity index (χ0) is 19.1. The number of esters is 1. The lowest BCUT2D eigenvalue weighted by molar-refractivity contribution is -0.125. The quantitative estimate of drug-likeness (QED) is 0.548. The van der Waals surface area contributed by atoms with E-state index in [0.717, 1.165) is 0 Å². The van der Waals surface area contributed by atoms with Crippen LogP contribution in [0, 0.1) is 0 Å². The van der Waals surface area contributed by atoms with E-state index in [1.54, 1.807) is 30.0 Å². The van der Waals surface area contributed by atoms with Crippen molar-refractivity contribution in [3.05, 3.63) is 28.2 Å². The summed E-state index contributed by atoms with van der Waals surface area (Å²) in [4.78, 5) is 37.3. The third-order valence-electron chi connectivity index (χ3n) is 3.96. The SMILES string of the molecule is CCOC(=O)N1CCC(NC(=O)COC(=O)c2cc(Br)ccc2N)CC1. The van der Waals surface area contributed by atoms with Gasteiger partial charge in [-0.05, 0) is 38.0 Å². The summed E-state index contributed by atoms with van der Waals surface area (Å²) >= 11 is 3.26. The molecule has 0 radical (unpaired) electrons. The van der Waals surface area contributed by atoms with Gasteiger partial charge in [0.25, 0.3) is 5.91 Å². The normalized spacial score (nSPS) is 14.6. The number of nitrogen functional groups attached to an aromatic ring is 1. The van der Waals surface area contributed by atoms with E-state index in [2.05, 4.69) is 21.2 Å². The van der Waals surface area contributed by atoms with Gasteiger partial charge in [-0.2, -0.15) is 0 Å². The van der Waals surface area contributed by atoms with E-state index in [1.165, 1.54) is 0 Å². The zero-order valence-corrected chi connectivity index (χ0v) is 16.1. The highest BCUT2D eigenvalue weighted by atomic mass is 79.9. The van der Waals surface area contributed by atoms with E-state index in [0.29, 0.717) is 37.0 Å². The number of likely N-dealkylation sites (tertiary alicyclic amines) is 1. The molecular weight excluding hydrogens is 406 g/mol. The van der Waals surface area contributed by atoms with Crippen LogP contribution >= 0.6 is 15.9 Å². The Labute approximate surface area is 160 Å². The molecule has 1 heterocycles. The van der Waals surface area contributed by atoms with Gasteiger partial charge in [-0.25, -0.2) is 9.59 Å². The van der Waals surface area contributed by atoms with Gasteiger partial charge < -0.3 is 25.4 Å². The van der Waals surface area contributed by atoms with Crippen LogP contribution < -0.4 is 11.1 Å². The minimum absolute atomic E-state index is 0.0668. The molecule has 3 N–H and O–H groups in total. The molecule has 1 fully saturated rings. The van der Waals surface area contributed by atoms with E-state index in [4.69, 9.17) is 15.2 Å². The Balaban J connectivity index is 1.75. The van der Waals surface area contributed by atoms with Gasteiger partial charge in [0.15, 0.2) is 6.61 Å². The lowest BCUT2D eigenvalue weighted by Gasteiger charge is -2.31. The number of anilines is 1. The monoisotopic (exact) mass is 427 g/mol. The minimum atomic E-state index is -0.656. The molecule has 1 aliphatic heterocycles. The highest BCUT2D eigenvalue weighted by molar-refractivity contribution is 9.10. The van der Waals surface area contributed by atoms with Crippen LogP contribution in [0.5, 0.6) is 0 Å². The second-order valence-electron chi connectivity index (χ2n) is 5.84. The van der Waals surface area contributed by atoms with Crippen LogP contribution in [-0.4, -0.2) is 55.2 Å². The molecular formula is C17H22BrN3O5. The number of carbonyl (C=O) groups is 3. The molecule has 0 aromatic heterocycles. The smallest absolute Gasteiger partial charge is 0.409 e. The molecule has 9 heteroatoms. The van der Waals surface area contributed by atoms with Gasteiger partial charge in [0.1, 0.15) is 0 Å². The Kier molecular flexibility index (Phi) is 7.26. The van der Waals surface area contributed by atoms with Gasteiger partial charge in [-0.15, -0.1) is 0 Å². The largest absolute Gasteiger partial charge is 0.452 e. The summed E-state index contributed by atoms with van der Waals surface area (Å²) < 4.78 is 10.7. The summed E-state index contributed by atoms with van der Waals surface area (Å²) in [5, 5.41) is 2.81. The number of amides is 2. The molecule has 0 aliphatic carbocycles.